The van der Waals surface area contributed by atoms with Crippen LogP contribution in [0.2, 0.25) is 0 Å². The molecule has 0 aromatic rings. The normalized spacial score (nSPS) is 26.3. The summed E-state index contributed by atoms with van der Waals surface area (Å²) >= 11 is 0. The van der Waals surface area contributed by atoms with E-state index in [0.717, 1.165) is 5.57 Å². The van der Waals surface area contributed by atoms with Crippen molar-refractivity contribution in [3.8, 4) is 0 Å². The van der Waals surface area contributed by atoms with Crippen molar-refractivity contribution in [2.75, 3.05) is 32.9 Å². The van der Waals surface area contributed by atoms with Crippen LogP contribution in [0.25, 0.3) is 0 Å². The third kappa shape index (κ3) is 5.52. The number of nitrogens with two attached hydrogens (primary N) is 1. The molecule has 0 bridgehead atoms. The number of ether oxygens (including phenoxy) is 3. The molecule has 2 aliphatic rings. The smallest absolute Gasteiger partial charge is 0.310 e. The summed E-state index contributed by atoms with van der Waals surface area (Å²) < 4.78 is 15.7. The predicted octanol–water partition coefficient (Wildman–Crippen LogP) is -0.697. The lowest BCUT2D eigenvalue weighted by Crippen LogP contribution is -2.50. The molecule has 0 radical (unpaired) electrons. The fraction of sp³-hybridized carbons (Fsp3) is 0.706. The van der Waals surface area contributed by atoms with E-state index in [-0.39, 0.29) is 25.4 Å². The summed E-state index contributed by atoms with van der Waals surface area (Å²) in [6, 6.07) is -1.25. The highest BCUT2D eigenvalue weighted by molar-refractivity contribution is 5.88. The van der Waals surface area contributed by atoms with Crippen molar-refractivity contribution in [1.29, 1.82) is 0 Å². The largest absolute Gasteiger partial charge is 0.433 e. The van der Waals surface area contributed by atoms with E-state index in [1.54, 1.807) is 6.92 Å². The molecule has 2 rings (SSSR count). The van der Waals surface area contributed by atoms with Gasteiger partial charge in [-0.2, -0.15) is 0 Å². The molecule has 0 saturated carbocycles. The van der Waals surface area contributed by atoms with Gasteiger partial charge in [0.25, 0.3) is 0 Å². The molecule has 2 aliphatic heterocycles. The minimum absolute atomic E-state index is 0.0410. The van der Waals surface area contributed by atoms with Crippen LogP contribution in [0.5, 0.6) is 0 Å². The first kappa shape index (κ1) is 20.3. The van der Waals surface area contributed by atoms with Crippen LogP contribution in [-0.4, -0.2) is 74.0 Å². The summed E-state index contributed by atoms with van der Waals surface area (Å²) in [6.07, 6.45) is 1.55. The number of nitrogens with one attached hydrogen (secondary N) is 1. The maximum atomic E-state index is 12.4. The Morgan fingerprint density at radius 1 is 1.38 bits per heavy atom. The zero-order chi connectivity index (χ0) is 19.1. The number of carbonyl (C=O) groups is 3. The van der Waals surface area contributed by atoms with Gasteiger partial charge in [-0.3, -0.25) is 14.4 Å². The van der Waals surface area contributed by atoms with Crippen LogP contribution < -0.4 is 11.1 Å². The van der Waals surface area contributed by atoms with Crippen LogP contribution in [0.1, 0.15) is 26.7 Å². The van der Waals surface area contributed by atoms with Crippen molar-refractivity contribution >= 4 is 17.8 Å². The van der Waals surface area contributed by atoms with E-state index >= 15 is 0 Å². The molecule has 0 aromatic carbocycles. The van der Waals surface area contributed by atoms with Crippen molar-refractivity contribution < 1.29 is 28.6 Å². The fourth-order valence-corrected chi connectivity index (χ4v) is 2.88. The van der Waals surface area contributed by atoms with Crippen LogP contribution in [-0.2, 0) is 28.6 Å². The summed E-state index contributed by atoms with van der Waals surface area (Å²) in [5.74, 6) is -1.11. The number of hydrogen-bond donors (Lipinski definition) is 2. The molecule has 2 heterocycles. The average molecular weight is 369 g/mol. The number of esters is 1. The van der Waals surface area contributed by atoms with Gasteiger partial charge in [-0.15, -0.1) is 0 Å². The minimum atomic E-state index is -0.799. The highest BCUT2D eigenvalue weighted by atomic mass is 16.7. The summed E-state index contributed by atoms with van der Waals surface area (Å²) in [5.41, 5.74) is 6.80. The Morgan fingerprint density at radius 2 is 2.15 bits per heavy atom. The molecule has 9 heteroatoms. The zero-order valence-corrected chi connectivity index (χ0v) is 15.2. The average Bonchev–Trinajstić information content (AvgIpc) is 2.88. The second-order valence-electron chi connectivity index (χ2n) is 6.23. The van der Waals surface area contributed by atoms with E-state index in [4.69, 9.17) is 19.9 Å². The zero-order valence-electron chi connectivity index (χ0n) is 15.2. The van der Waals surface area contributed by atoms with Gasteiger partial charge in [0.1, 0.15) is 6.04 Å². The molecule has 146 valence electrons. The van der Waals surface area contributed by atoms with Gasteiger partial charge in [0.2, 0.25) is 18.1 Å². The predicted molar refractivity (Wildman–Crippen MR) is 91.8 cm³/mol. The van der Waals surface area contributed by atoms with Gasteiger partial charge in [-0.1, -0.05) is 6.08 Å². The van der Waals surface area contributed by atoms with Crippen molar-refractivity contribution in [2.24, 2.45) is 5.73 Å². The first-order chi connectivity index (χ1) is 12.4. The molecule has 0 aromatic heterocycles. The first-order valence-corrected chi connectivity index (χ1v) is 8.85. The second kappa shape index (κ2) is 9.65. The topological polar surface area (TPSA) is 120 Å². The van der Waals surface area contributed by atoms with Crippen LogP contribution in [0.4, 0.5) is 0 Å². The number of nitrogens with zero attached hydrogens (tertiary/aromatic N) is 1. The van der Waals surface area contributed by atoms with Crippen LogP contribution in [0, 0.1) is 0 Å². The SMILES string of the molecule is CCOCC1=CCC(N)C(=O)N(CC(=O)NC2CC(=O)OC2OCC)C1. The molecule has 1 saturated heterocycles. The van der Waals surface area contributed by atoms with E-state index in [1.807, 2.05) is 13.0 Å². The van der Waals surface area contributed by atoms with E-state index in [0.29, 0.717) is 26.2 Å². The maximum Gasteiger partial charge on any atom is 0.310 e. The van der Waals surface area contributed by atoms with Crippen molar-refractivity contribution in [1.82, 2.24) is 10.2 Å². The molecule has 3 unspecified atom stereocenters. The molecule has 3 N–H and O–H groups in total. The van der Waals surface area contributed by atoms with Gasteiger partial charge in [0, 0.05) is 19.8 Å². The lowest BCUT2D eigenvalue weighted by Gasteiger charge is -2.25. The number of hydrogen-bond acceptors (Lipinski definition) is 7. The van der Waals surface area contributed by atoms with Crippen LogP contribution >= 0.6 is 0 Å². The summed E-state index contributed by atoms with van der Waals surface area (Å²) in [4.78, 5) is 37.6. The quantitative estimate of drug-likeness (QED) is 0.429. The van der Waals surface area contributed by atoms with Gasteiger partial charge in [0.15, 0.2) is 0 Å². The highest BCUT2D eigenvalue weighted by Crippen LogP contribution is 2.17. The molecule has 26 heavy (non-hydrogen) atoms. The van der Waals surface area contributed by atoms with E-state index in [2.05, 4.69) is 5.32 Å². The molecule has 1 fully saturated rings. The Bertz CT molecular complexity index is 565. The third-order valence-corrected chi connectivity index (χ3v) is 4.15. The summed E-state index contributed by atoms with van der Waals surface area (Å²) in [5, 5.41) is 2.71. The van der Waals surface area contributed by atoms with Crippen LogP contribution in [0.15, 0.2) is 11.6 Å². The number of cyclic esters (lactones) is 1. The summed E-state index contributed by atoms with van der Waals surface area (Å²) in [6.45, 7) is 5.11. The second-order valence-corrected chi connectivity index (χ2v) is 6.23. The fourth-order valence-electron chi connectivity index (χ4n) is 2.88. The number of amides is 2. The minimum Gasteiger partial charge on any atom is -0.433 e. The Morgan fingerprint density at radius 3 is 2.85 bits per heavy atom. The Balaban J connectivity index is 1.95. The molecule has 0 aliphatic carbocycles. The highest BCUT2D eigenvalue weighted by Gasteiger charge is 2.37. The van der Waals surface area contributed by atoms with E-state index in [9.17, 15) is 14.4 Å². The Hall–Kier alpha value is -1.97. The van der Waals surface area contributed by atoms with Gasteiger partial charge in [-0.05, 0) is 25.8 Å². The standard InChI is InChI=1S/C17H27N3O6/c1-3-24-10-11-5-6-12(18)16(23)20(8-11)9-14(21)19-13-7-15(22)26-17(13)25-4-2/h5,12-13,17H,3-4,6-10,18H2,1-2H3,(H,19,21). The Kier molecular flexibility index (Phi) is 7.55. The molecular weight excluding hydrogens is 342 g/mol. The molecule has 2 amide bonds. The third-order valence-electron chi connectivity index (χ3n) is 4.15. The monoisotopic (exact) mass is 369 g/mol. The summed E-state index contributed by atoms with van der Waals surface area (Å²) in [7, 11) is 0. The van der Waals surface area contributed by atoms with Crippen molar-refractivity contribution in [2.45, 2.75) is 45.1 Å². The molecule has 0 spiro atoms. The van der Waals surface area contributed by atoms with E-state index in [1.165, 1.54) is 4.90 Å². The van der Waals surface area contributed by atoms with E-state index < -0.39 is 30.3 Å². The van der Waals surface area contributed by atoms with Gasteiger partial charge in [-0.25, -0.2) is 0 Å². The molecule has 9 nitrogen and oxygen atoms in total. The van der Waals surface area contributed by atoms with Crippen LogP contribution in [0.3, 0.4) is 0 Å². The molecular formula is C17H27N3O6. The van der Waals surface area contributed by atoms with Gasteiger partial charge in [0.05, 0.1) is 25.6 Å². The maximum absolute atomic E-state index is 12.4. The lowest BCUT2D eigenvalue weighted by atomic mass is 10.2. The first-order valence-electron chi connectivity index (χ1n) is 8.85. The van der Waals surface area contributed by atoms with Crippen molar-refractivity contribution in [3.05, 3.63) is 11.6 Å². The van der Waals surface area contributed by atoms with Gasteiger partial charge < -0.3 is 30.2 Å². The number of carbonyl (C=O) groups excluding carboxylic acids is 3. The molecule has 3 atom stereocenters. The van der Waals surface area contributed by atoms with Gasteiger partial charge >= 0.3 is 5.97 Å². The lowest BCUT2D eigenvalue weighted by molar-refractivity contribution is -0.164. The number of rotatable bonds is 8. The Labute approximate surface area is 152 Å². The van der Waals surface area contributed by atoms with Crippen molar-refractivity contribution in [3.63, 3.8) is 0 Å².